The maximum atomic E-state index is 11.7. The van der Waals surface area contributed by atoms with Crippen molar-refractivity contribution in [1.29, 1.82) is 0 Å². The summed E-state index contributed by atoms with van der Waals surface area (Å²) in [7, 11) is 2.44. The summed E-state index contributed by atoms with van der Waals surface area (Å²) in [6, 6.07) is 0. The summed E-state index contributed by atoms with van der Waals surface area (Å²) in [5, 5.41) is 0. The van der Waals surface area contributed by atoms with Crippen LogP contribution in [-0.2, 0) is 19.0 Å². The first-order valence-corrected chi connectivity index (χ1v) is 5.43. The normalized spacial score (nSPS) is 9.89. The zero-order valence-electron chi connectivity index (χ0n) is 11.2. The highest BCUT2D eigenvalue weighted by Crippen LogP contribution is 2.19. The third-order valence-electron chi connectivity index (χ3n) is 2.58. The summed E-state index contributed by atoms with van der Waals surface area (Å²) in [5.41, 5.74) is 1.31. The van der Waals surface area contributed by atoms with E-state index in [1.54, 1.807) is 13.8 Å². The Morgan fingerprint density at radius 3 is 2.21 bits per heavy atom. The van der Waals surface area contributed by atoms with Gasteiger partial charge < -0.3 is 19.2 Å². The van der Waals surface area contributed by atoms with E-state index in [1.807, 2.05) is 0 Å². The Morgan fingerprint density at radius 2 is 1.68 bits per heavy atom. The van der Waals surface area contributed by atoms with E-state index in [1.165, 1.54) is 14.2 Å². The molecule has 1 aromatic heterocycles. The first-order valence-electron chi connectivity index (χ1n) is 5.43. The van der Waals surface area contributed by atoms with Crippen molar-refractivity contribution >= 4 is 17.9 Å². The lowest BCUT2D eigenvalue weighted by molar-refractivity contribution is -0.144. The number of aromatic amines is 1. The molecule has 7 nitrogen and oxygen atoms in total. The van der Waals surface area contributed by atoms with Crippen LogP contribution in [0.2, 0.25) is 0 Å². The monoisotopic (exact) mass is 269 g/mol. The Balaban J connectivity index is 2.93. The minimum Gasteiger partial charge on any atom is -0.466 e. The number of rotatable bonds is 4. The Kier molecular flexibility index (Phi) is 4.68. The Labute approximate surface area is 109 Å². The second-order valence-electron chi connectivity index (χ2n) is 3.77. The smallest absolute Gasteiger partial charge is 0.355 e. The van der Waals surface area contributed by atoms with Crippen LogP contribution in [0, 0.1) is 13.8 Å². The van der Waals surface area contributed by atoms with Crippen molar-refractivity contribution in [2.45, 2.75) is 13.8 Å². The number of aryl methyl sites for hydroxylation is 1. The predicted molar refractivity (Wildman–Crippen MR) is 63.9 cm³/mol. The van der Waals surface area contributed by atoms with Gasteiger partial charge in [0.25, 0.3) is 0 Å². The van der Waals surface area contributed by atoms with Gasteiger partial charge in [0, 0.05) is 5.69 Å². The van der Waals surface area contributed by atoms with Crippen molar-refractivity contribution in [1.82, 2.24) is 4.98 Å². The van der Waals surface area contributed by atoms with Crippen LogP contribution in [0.25, 0.3) is 0 Å². The molecule has 1 rings (SSSR count). The van der Waals surface area contributed by atoms with E-state index in [4.69, 9.17) is 4.74 Å². The van der Waals surface area contributed by atoms with E-state index in [-0.39, 0.29) is 11.3 Å². The van der Waals surface area contributed by atoms with Crippen LogP contribution in [0.4, 0.5) is 0 Å². The van der Waals surface area contributed by atoms with E-state index < -0.39 is 24.5 Å². The summed E-state index contributed by atoms with van der Waals surface area (Å²) in [4.78, 5) is 36.9. The number of ether oxygens (including phenoxy) is 3. The molecule has 0 saturated heterocycles. The van der Waals surface area contributed by atoms with Crippen LogP contribution in [0.1, 0.15) is 32.1 Å². The number of aromatic nitrogens is 1. The fourth-order valence-corrected chi connectivity index (χ4v) is 1.62. The summed E-state index contributed by atoms with van der Waals surface area (Å²) in [5.74, 6) is -1.94. The third-order valence-corrected chi connectivity index (χ3v) is 2.58. The zero-order valence-corrected chi connectivity index (χ0v) is 11.2. The van der Waals surface area contributed by atoms with Gasteiger partial charge in [0.05, 0.1) is 19.8 Å². The van der Waals surface area contributed by atoms with Crippen molar-refractivity contribution in [2.75, 3.05) is 20.8 Å². The molecule has 0 amide bonds. The lowest BCUT2D eigenvalue weighted by Gasteiger charge is -2.03. The number of nitrogens with one attached hydrogen (secondary N) is 1. The van der Waals surface area contributed by atoms with E-state index in [0.717, 1.165) is 0 Å². The number of hydrogen-bond acceptors (Lipinski definition) is 6. The third kappa shape index (κ3) is 3.12. The SMILES string of the molecule is COC(=O)COC(=O)c1[nH]c(C)c(C(=O)OC)c1C. The molecule has 0 saturated carbocycles. The zero-order chi connectivity index (χ0) is 14.6. The second kappa shape index (κ2) is 6.03. The molecule has 0 aliphatic rings. The average Bonchev–Trinajstić information content (AvgIpc) is 2.70. The van der Waals surface area contributed by atoms with Crippen molar-refractivity contribution in [3.63, 3.8) is 0 Å². The first-order chi connectivity index (χ1) is 8.92. The molecule has 0 atom stereocenters. The van der Waals surface area contributed by atoms with Gasteiger partial charge in [-0.25, -0.2) is 14.4 Å². The highest BCUT2D eigenvalue weighted by atomic mass is 16.6. The van der Waals surface area contributed by atoms with Crippen LogP contribution in [0.5, 0.6) is 0 Å². The molecule has 0 spiro atoms. The maximum absolute atomic E-state index is 11.7. The van der Waals surface area contributed by atoms with Gasteiger partial charge in [-0.1, -0.05) is 0 Å². The van der Waals surface area contributed by atoms with Gasteiger partial charge in [-0.2, -0.15) is 0 Å². The van der Waals surface area contributed by atoms with E-state index in [2.05, 4.69) is 14.5 Å². The van der Waals surface area contributed by atoms with Gasteiger partial charge >= 0.3 is 17.9 Å². The van der Waals surface area contributed by atoms with Crippen LogP contribution in [0.15, 0.2) is 0 Å². The Hall–Kier alpha value is -2.31. The van der Waals surface area contributed by atoms with Gasteiger partial charge in [-0.3, -0.25) is 0 Å². The molecule has 0 bridgehead atoms. The number of methoxy groups -OCH3 is 2. The molecule has 1 heterocycles. The molecule has 1 aromatic rings. The van der Waals surface area contributed by atoms with Crippen molar-refractivity contribution in [2.24, 2.45) is 0 Å². The highest BCUT2D eigenvalue weighted by molar-refractivity contribution is 5.98. The summed E-state index contributed by atoms with van der Waals surface area (Å²) in [6.45, 7) is 2.74. The van der Waals surface area contributed by atoms with E-state index in [0.29, 0.717) is 11.3 Å². The molecule has 1 N–H and O–H groups in total. The van der Waals surface area contributed by atoms with Crippen molar-refractivity contribution < 1.29 is 28.6 Å². The Bertz CT molecular complexity index is 517. The van der Waals surface area contributed by atoms with Gasteiger partial charge in [0.1, 0.15) is 5.69 Å². The van der Waals surface area contributed by atoms with Crippen molar-refractivity contribution in [3.05, 3.63) is 22.5 Å². The highest BCUT2D eigenvalue weighted by Gasteiger charge is 2.23. The molecule has 0 aliphatic carbocycles. The van der Waals surface area contributed by atoms with Crippen LogP contribution >= 0.6 is 0 Å². The van der Waals surface area contributed by atoms with Crippen LogP contribution < -0.4 is 0 Å². The van der Waals surface area contributed by atoms with E-state index in [9.17, 15) is 14.4 Å². The molecule has 19 heavy (non-hydrogen) atoms. The predicted octanol–water partition coefficient (Wildman–Crippen LogP) is 0.748. The molecule has 7 heteroatoms. The molecular weight excluding hydrogens is 254 g/mol. The number of carbonyl (C=O) groups is 3. The summed E-state index contributed by atoms with van der Waals surface area (Å²) >= 11 is 0. The van der Waals surface area contributed by atoms with E-state index >= 15 is 0 Å². The minimum absolute atomic E-state index is 0.113. The number of carbonyl (C=O) groups excluding carboxylic acids is 3. The fraction of sp³-hybridized carbons (Fsp3) is 0.417. The quantitative estimate of drug-likeness (QED) is 0.640. The maximum Gasteiger partial charge on any atom is 0.355 e. The Morgan fingerprint density at radius 1 is 1.05 bits per heavy atom. The van der Waals surface area contributed by atoms with Gasteiger partial charge in [-0.05, 0) is 19.4 Å². The number of hydrogen-bond donors (Lipinski definition) is 1. The van der Waals surface area contributed by atoms with Crippen molar-refractivity contribution in [3.8, 4) is 0 Å². The molecule has 0 radical (unpaired) electrons. The molecule has 0 fully saturated rings. The first kappa shape index (κ1) is 14.7. The van der Waals surface area contributed by atoms with Crippen LogP contribution in [-0.4, -0.2) is 43.7 Å². The molecule has 0 aromatic carbocycles. The second-order valence-corrected chi connectivity index (χ2v) is 3.77. The molecule has 0 unspecified atom stereocenters. The number of H-pyrrole nitrogens is 1. The topological polar surface area (TPSA) is 94.7 Å². The molecular formula is C12H15NO6. The molecule has 0 aliphatic heterocycles. The number of esters is 3. The van der Waals surface area contributed by atoms with Gasteiger partial charge in [0.2, 0.25) is 0 Å². The fourth-order valence-electron chi connectivity index (χ4n) is 1.62. The minimum atomic E-state index is -0.735. The van der Waals surface area contributed by atoms with Gasteiger partial charge in [-0.15, -0.1) is 0 Å². The average molecular weight is 269 g/mol. The van der Waals surface area contributed by atoms with Gasteiger partial charge in [0.15, 0.2) is 6.61 Å². The molecule has 104 valence electrons. The van der Waals surface area contributed by atoms with Crippen LogP contribution in [0.3, 0.4) is 0 Å². The summed E-state index contributed by atoms with van der Waals surface area (Å²) < 4.78 is 13.7. The standard InChI is InChI=1S/C12H15NO6/c1-6-9(11(15)18-4)7(2)13-10(6)12(16)19-5-8(14)17-3/h13H,5H2,1-4H3. The summed E-state index contributed by atoms with van der Waals surface area (Å²) in [6.07, 6.45) is 0. The lowest BCUT2D eigenvalue weighted by atomic mass is 10.1. The lowest BCUT2D eigenvalue weighted by Crippen LogP contribution is -2.16. The largest absolute Gasteiger partial charge is 0.466 e.